The van der Waals surface area contributed by atoms with Gasteiger partial charge in [-0.3, -0.25) is 0 Å². The zero-order valence-electron chi connectivity index (χ0n) is 55.7. The smallest absolute Gasteiger partial charge is 0.334 e. The number of benzene rings is 8. The van der Waals surface area contributed by atoms with E-state index in [4.69, 9.17) is 103 Å². The maximum Gasteiger partial charge on any atom is 0.334 e. The molecule has 4 saturated heterocycles. The van der Waals surface area contributed by atoms with Crippen LogP contribution in [0.25, 0.3) is 0 Å². The molecule has 4 heterocycles. The summed E-state index contributed by atoms with van der Waals surface area (Å²) in [5, 5.41) is 101. The van der Waals surface area contributed by atoms with Gasteiger partial charge >= 0.3 is 28.6 Å². The molecule has 0 aromatic heterocycles. The molecule has 5 aliphatic rings. The third-order valence-corrected chi connectivity index (χ3v) is 26.5. The first kappa shape index (κ1) is 72.5. The van der Waals surface area contributed by atoms with Crippen molar-refractivity contribution < 1.29 is 95.1 Å². The van der Waals surface area contributed by atoms with Gasteiger partial charge in [-0.1, -0.05) is 104 Å². The van der Waals surface area contributed by atoms with E-state index < -0.39 is 98.2 Å². The second-order valence-electron chi connectivity index (χ2n) is 28.9. The minimum absolute atomic E-state index is 0.102. The van der Waals surface area contributed by atoms with Crippen molar-refractivity contribution in [2.24, 2.45) is 21.7 Å². The van der Waals surface area contributed by atoms with E-state index in [-0.39, 0.29) is 89.2 Å². The fourth-order valence-electron chi connectivity index (χ4n) is 12.4. The van der Waals surface area contributed by atoms with Gasteiger partial charge in [0.2, 0.25) is 0 Å². The summed E-state index contributed by atoms with van der Waals surface area (Å²) in [6.07, 6.45) is 0. The van der Waals surface area contributed by atoms with Crippen LogP contribution in [0.1, 0.15) is 146 Å². The van der Waals surface area contributed by atoms with Crippen LogP contribution in [0.4, 0.5) is 0 Å². The third-order valence-electron chi connectivity index (χ3n) is 17.8. The summed E-state index contributed by atoms with van der Waals surface area (Å²) < 4.78 is 73.3. The van der Waals surface area contributed by atoms with Gasteiger partial charge in [0, 0.05) is 114 Å². The molecule has 528 valence electrons. The first-order valence-corrected chi connectivity index (χ1v) is 42.3. The van der Waals surface area contributed by atoms with E-state index in [1.54, 1.807) is 121 Å². The lowest BCUT2D eigenvalue weighted by Crippen LogP contribution is -2.32. The first-order chi connectivity index (χ1) is 47.1. The Morgan fingerprint density at radius 2 is 0.400 bits per heavy atom. The zero-order valence-corrected chi connectivity index (χ0v) is 62.6. The Morgan fingerprint density at radius 1 is 0.260 bits per heavy atom. The van der Waals surface area contributed by atoms with Gasteiger partial charge < -0.3 is 108 Å². The summed E-state index contributed by atoms with van der Waals surface area (Å²) in [6, 6.07) is 37.6. The van der Waals surface area contributed by atoms with Crippen molar-refractivity contribution in [1.29, 1.82) is 0 Å². The number of phenolic OH excluding ortho intramolecular Hbond substituents is 8. The fourth-order valence-corrected chi connectivity index (χ4v) is 21.0. The first-order valence-electron chi connectivity index (χ1n) is 32.0. The second kappa shape index (κ2) is 27.3. The summed E-state index contributed by atoms with van der Waals surface area (Å²) in [4.78, 5) is 0. The van der Waals surface area contributed by atoms with Gasteiger partial charge in [-0.2, -0.15) is 36.2 Å². The van der Waals surface area contributed by atoms with Crippen molar-refractivity contribution in [3.63, 3.8) is 0 Å². The highest BCUT2D eigenvalue weighted by Crippen LogP contribution is 2.67. The topological polar surface area (TPSA) is 273 Å². The Labute approximate surface area is 603 Å². The van der Waals surface area contributed by atoms with Crippen LogP contribution in [0.5, 0.6) is 69.0 Å². The molecule has 0 radical (unpaired) electrons. The minimum Gasteiger partial charge on any atom is -0.507 e. The summed E-state index contributed by atoms with van der Waals surface area (Å²) in [5.74, 6) is -7.24. The molecule has 13 rings (SSSR count). The van der Waals surface area contributed by atoms with E-state index in [1.165, 1.54) is 0 Å². The van der Waals surface area contributed by atoms with E-state index in [0.717, 1.165) is 24.3 Å². The monoisotopic (exact) mass is 1510 g/mol. The molecule has 1 aliphatic carbocycles. The molecule has 0 unspecified atom stereocenters. The van der Waals surface area contributed by atoms with Gasteiger partial charge in [-0.05, 0) is 95.1 Å². The van der Waals surface area contributed by atoms with Crippen LogP contribution < -0.4 is 18.1 Å². The highest BCUT2D eigenvalue weighted by Gasteiger charge is 2.46. The Balaban J connectivity index is 1.04. The van der Waals surface area contributed by atoms with Crippen molar-refractivity contribution >= 4 is 77.6 Å². The molecule has 8 bridgehead atoms. The van der Waals surface area contributed by atoms with E-state index >= 15 is 0 Å². The molecule has 0 atom stereocenters. The van der Waals surface area contributed by atoms with Crippen LogP contribution in [-0.4, -0.2) is 93.7 Å². The number of hydrogen-bond acceptors (Lipinski definition) is 24. The molecular weight excluding hydrogens is 1440 g/mol. The number of hydrogen-bond donors (Lipinski definition) is 8. The van der Waals surface area contributed by atoms with Crippen molar-refractivity contribution in [3.8, 4) is 69.0 Å². The molecular formula is C72H76O20P4S4. The predicted octanol–water partition coefficient (Wildman–Crippen LogP) is 17.1. The summed E-state index contributed by atoms with van der Waals surface area (Å²) in [5.41, 5.74) is 1.30. The molecule has 8 N–H and O–H groups in total. The SMILES string of the molecule is CC1(C)CO[P+]([S-])(Oc2ccc(C3c4cc(c(O)cc4O)C(c4ccc(O[P+]5([S-])OCC(C)(C)CO5)cc4)c4cc(c(O)cc4O)C(c4ccc(O[P+]5([S-])OCC(C)(C)CO5)cc4)c4cc(c(O)cc4O)C(c4ccc(O[P+]5([S-])OCC(C)(C)CO5)cc4)c4cc3c(O)cc4O)cc2)OC1. The quantitative estimate of drug-likeness (QED) is 0.0417. The van der Waals surface area contributed by atoms with Gasteiger partial charge in [0.05, 0.1) is 0 Å². The van der Waals surface area contributed by atoms with Crippen LogP contribution in [0, 0.1) is 21.7 Å². The van der Waals surface area contributed by atoms with E-state index in [1.807, 2.05) is 55.4 Å². The molecule has 0 spiro atoms. The number of rotatable bonds is 12. The van der Waals surface area contributed by atoms with Gasteiger partial charge in [0.25, 0.3) is 0 Å². The van der Waals surface area contributed by atoms with Crippen molar-refractivity contribution in [2.45, 2.75) is 79.1 Å². The lowest BCUT2D eigenvalue weighted by molar-refractivity contribution is 0.0385. The third kappa shape index (κ3) is 15.5. The molecule has 4 aliphatic heterocycles. The number of fused-ring (bicyclic) bond motifs is 8. The Bertz CT molecular complexity index is 3700. The lowest BCUT2D eigenvalue weighted by atomic mass is 9.75. The summed E-state index contributed by atoms with van der Waals surface area (Å²) in [6.45, 7) is 18.3. The van der Waals surface area contributed by atoms with Crippen LogP contribution in [0.15, 0.2) is 146 Å². The maximum atomic E-state index is 12.6. The molecule has 0 saturated carbocycles. The van der Waals surface area contributed by atoms with Crippen LogP contribution in [0.3, 0.4) is 0 Å². The largest absolute Gasteiger partial charge is 0.507 e. The Morgan fingerprint density at radius 3 is 0.540 bits per heavy atom. The molecule has 8 aromatic carbocycles. The zero-order chi connectivity index (χ0) is 71.3. The number of aromatic hydroxyl groups is 8. The molecule has 20 nitrogen and oxygen atoms in total. The molecule has 100 heavy (non-hydrogen) atoms. The van der Waals surface area contributed by atoms with E-state index in [9.17, 15) is 40.9 Å². The minimum atomic E-state index is -3.28. The Hall–Kier alpha value is -5.84. The highest BCUT2D eigenvalue weighted by atomic mass is 32.7. The number of phenols is 8. The van der Waals surface area contributed by atoms with Crippen molar-refractivity contribution in [2.75, 3.05) is 52.9 Å². The van der Waals surface area contributed by atoms with Crippen LogP contribution in [0.2, 0.25) is 0 Å². The standard InChI is InChI=1S/C72H76O20P4S4/c1-69(2)33-81-93(97,82-34-69)89-45-17-9-41(10-18-45)65-49-25-51(59(75)29-57(49)73)66(42-11-19-46(20-12-42)90-94(98)83-35-70(3,4)36-84-94)53-27-55(63(79)31-61(53)77)68(44-15-23-48(24-16-44)92-96(100)87-39-72(7,8)40-88-96)56-28-54(62(78)32-64(56)80)67(52-26-50(65)58(74)30-60(52)76)43-13-21-47(22-14-43)91-95(99)85-37-71(5,6)38-86-95/h9-32,65-68,73-80H,33-40H2,1-8H3. The summed E-state index contributed by atoms with van der Waals surface area (Å²) >= 11 is 23.2. The molecule has 8 aromatic rings. The van der Waals surface area contributed by atoms with Gasteiger partial charge in [0.15, 0.2) is 23.0 Å². The van der Waals surface area contributed by atoms with Crippen molar-refractivity contribution in [1.82, 2.24) is 0 Å². The Kier molecular flexibility index (Phi) is 19.8. The van der Waals surface area contributed by atoms with Crippen LogP contribution >= 0.6 is 28.6 Å². The average molecular weight is 1510 g/mol. The van der Waals surface area contributed by atoms with Gasteiger partial charge in [0.1, 0.15) is 98.9 Å². The van der Waals surface area contributed by atoms with Crippen LogP contribution in [-0.2, 0) is 85.2 Å². The maximum absolute atomic E-state index is 12.6. The molecule has 28 heteroatoms. The highest BCUT2D eigenvalue weighted by molar-refractivity contribution is 8.37. The lowest BCUT2D eigenvalue weighted by Gasteiger charge is -2.37. The normalized spacial score (nSPS) is 22.9. The van der Waals surface area contributed by atoms with Gasteiger partial charge in [-0.15, -0.1) is 0 Å². The van der Waals surface area contributed by atoms with Gasteiger partial charge in [-0.25, -0.2) is 0 Å². The average Bonchev–Trinajstić information content (AvgIpc) is 0.735. The molecule has 4 fully saturated rings. The van der Waals surface area contributed by atoms with E-state index in [2.05, 4.69) is 0 Å². The summed E-state index contributed by atoms with van der Waals surface area (Å²) in [7, 11) is -13.1. The molecule has 0 amide bonds. The van der Waals surface area contributed by atoms with E-state index in [0.29, 0.717) is 75.1 Å². The van der Waals surface area contributed by atoms with Crippen molar-refractivity contribution in [3.05, 3.63) is 212 Å². The fraction of sp³-hybridized carbons (Fsp3) is 0.333. The predicted molar refractivity (Wildman–Crippen MR) is 391 cm³/mol. The second-order valence-corrected chi connectivity index (χ2v) is 40.6.